The minimum Gasteiger partial charge on any atom is -0.417 e. The van der Waals surface area contributed by atoms with Crippen LogP contribution in [0.1, 0.15) is 40.0 Å². The SMILES string of the molecule is CC(C)(C)[Si](C)(C)OC[C@@H]1CC[C@@H](O)C1. The second-order valence-corrected chi connectivity index (χ2v) is 11.2. The van der Waals surface area contributed by atoms with E-state index in [4.69, 9.17) is 4.43 Å². The molecule has 2 atom stereocenters. The van der Waals surface area contributed by atoms with E-state index in [0.29, 0.717) is 11.0 Å². The van der Waals surface area contributed by atoms with Gasteiger partial charge in [-0.15, -0.1) is 0 Å². The molecule has 0 spiro atoms. The molecule has 0 bridgehead atoms. The Labute approximate surface area is 95.2 Å². The van der Waals surface area contributed by atoms with Crippen LogP contribution in [-0.4, -0.2) is 26.1 Å². The Balaban J connectivity index is 2.36. The number of aliphatic hydroxyl groups is 1. The lowest BCUT2D eigenvalue weighted by molar-refractivity contribution is 0.164. The van der Waals surface area contributed by atoms with E-state index in [1.807, 2.05) is 0 Å². The van der Waals surface area contributed by atoms with Crippen LogP contribution in [-0.2, 0) is 4.43 Å². The van der Waals surface area contributed by atoms with Gasteiger partial charge in [0, 0.05) is 6.61 Å². The Morgan fingerprint density at radius 2 is 1.87 bits per heavy atom. The summed E-state index contributed by atoms with van der Waals surface area (Å²) < 4.78 is 6.15. The molecule has 0 aromatic rings. The number of hydrogen-bond donors (Lipinski definition) is 1. The zero-order valence-electron chi connectivity index (χ0n) is 10.8. The highest BCUT2D eigenvalue weighted by Crippen LogP contribution is 2.37. The highest BCUT2D eigenvalue weighted by molar-refractivity contribution is 6.74. The molecule has 0 saturated heterocycles. The molecule has 0 radical (unpaired) electrons. The van der Waals surface area contributed by atoms with E-state index in [-0.39, 0.29) is 6.10 Å². The van der Waals surface area contributed by atoms with Gasteiger partial charge in [0.2, 0.25) is 0 Å². The molecule has 1 N–H and O–H groups in total. The maximum absolute atomic E-state index is 9.44. The lowest BCUT2D eigenvalue weighted by Gasteiger charge is -2.37. The Bertz CT molecular complexity index is 208. The molecule has 0 aliphatic heterocycles. The molecule has 0 aromatic carbocycles. The zero-order valence-corrected chi connectivity index (χ0v) is 11.8. The smallest absolute Gasteiger partial charge is 0.191 e. The van der Waals surface area contributed by atoms with Crippen molar-refractivity contribution in [3.8, 4) is 0 Å². The third-order valence-electron chi connectivity index (χ3n) is 4.00. The Morgan fingerprint density at radius 1 is 1.27 bits per heavy atom. The van der Waals surface area contributed by atoms with E-state index >= 15 is 0 Å². The topological polar surface area (TPSA) is 29.5 Å². The number of hydrogen-bond acceptors (Lipinski definition) is 2. The van der Waals surface area contributed by atoms with Crippen LogP contribution in [0.25, 0.3) is 0 Å². The summed E-state index contributed by atoms with van der Waals surface area (Å²) in [5.41, 5.74) is 0. The van der Waals surface area contributed by atoms with Gasteiger partial charge in [-0.3, -0.25) is 0 Å². The van der Waals surface area contributed by atoms with Crippen molar-refractivity contribution in [1.82, 2.24) is 0 Å². The quantitative estimate of drug-likeness (QED) is 0.755. The molecule has 0 amide bonds. The zero-order chi connectivity index (χ0) is 11.7. The van der Waals surface area contributed by atoms with Crippen LogP contribution in [0, 0.1) is 5.92 Å². The number of aliphatic hydroxyl groups excluding tert-OH is 1. The largest absolute Gasteiger partial charge is 0.417 e. The van der Waals surface area contributed by atoms with Gasteiger partial charge in [-0.1, -0.05) is 20.8 Å². The fourth-order valence-corrected chi connectivity index (χ4v) is 2.83. The molecule has 0 heterocycles. The predicted molar refractivity (Wildman–Crippen MR) is 66.5 cm³/mol. The van der Waals surface area contributed by atoms with Crippen LogP contribution in [0.3, 0.4) is 0 Å². The van der Waals surface area contributed by atoms with E-state index in [1.54, 1.807) is 0 Å². The van der Waals surface area contributed by atoms with Crippen molar-refractivity contribution in [3.63, 3.8) is 0 Å². The van der Waals surface area contributed by atoms with E-state index in [1.165, 1.54) is 0 Å². The minimum absolute atomic E-state index is 0.0713. The van der Waals surface area contributed by atoms with Crippen LogP contribution in [0.15, 0.2) is 0 Å². The van der Waals surface area contributed by atoms with Gasteiger partial charge in [-0.25, -0.2) is 0 Å². The van der Waals surface area contributed by atoms with Crippen LogP contribution in [0.2, 0.25) is 18.1 Å². The average molecular weight is 230 g/mol. The van der Waals surface area contributed by atoms with E-state index in [2.05, 4.69) is 33.9 Å². The van der Waals surface area contributed by atoms with Crippen molar-refractivity contribution in [2.45, 2.75) is 64.3 Å². The third-order valence-corrected chi connectivity index (χ3v) is 8.50. The first-order valence-corrected chi connectivity index (χ1v) is 8.95. The molecule has 1 saturated carbocycles. The Kier molecular flexibility index (Phi) is 4.01. The van der Waals surface area contributed by atoms with Crippen molar-refractivity contribution in [1.29, 1.82) is 0 Å². The molecule has 1 rings (SSSR count). The molecular weight excluding hydrogens is 204 g/mol. The summed E-state index contributed by atoms with van der Waals surface area (Å²) in [6.07, 6.45) is 2.97. The molecular formula is C12H26O2Si. The van der Waals surface area contributed by atoms with Crippen molar-refractivity contribution in [2.24, 2.45) is 5.92 Å². The summed E-state index contributed by atoms with van der Waals surface area (Å²) in [5.74, 6) is 0.592. The molecule has 15 heavy (non-hydrogen) atoms. The summed E-state index contributed by atoms with van der Waals surface area (Å²) in [5, 5.41) is 9.74. The standard InChI is InChI=1S/C12H26O2Si/c1-12(2,3)15(4,5)14-9-10-6-7-11(13)8-10/h10-11,13H,6-9H2,1-5H3/t10-,11-/m1/s1. The van der Waals surface area contributed by atoms with Crippen molar-refractivity contribution in [3.05, 3.63) is 0 Å². The normalized spacial score (nSPS) is 28.4. The average Bonchev–Trinajstić information content (AvgIpc) is 2.46. The lowest BCUT2D eigenvalue weighted by atomic mass is 10.1. The van der Waals surface area contributed by atoms with E-state index in [0.717, 1.165) is 25.9 Å². The fourth-order valence-electron chi connectivity index (χ4n) is 1.74. The molecule has 90 valence electrons. The van der Waals surface area contributed by atoms with Gasteiger partial charge < -0.3 is 9.53 Å². The second-order valence-electron chi connectivity index (χ2n) is 6.40. The van der Waals surface area contributed by atoms with E-state index in [9.17, 15) is 5.11 Å². The molecule has 1 aliphatic carbocycles. The molecule has 3 heteroatoms. The van der Waals surface area contributed by atoms with Gasteiger partial charge in [0.15, 0.2) is 8.32 Å². The third kappa shape index (κ3) is 3.57. The van der Waals surface area contributed by atoms with Crippen LogP contribution < -0.4 is 0 Å². The van der Waals surface area contributed by atoms with Gasteiger partial charge in [-0.2, -0.15) is 0 Å². The van der Waals surface area contributed by atoms with Gasteiger partial charge >= 0.3 is 0 Å². The van der Waals surface area contributed by atoms with Crippen molar-refractivity contribution in [2.75, 3.05) is 6.61 Å². The molecule has 1 fully saturated rings. The second kappa shape index (κ2) is 4.56. The van der Waals surface area contributed by atoms with Crippen LogP contribution >= 0.6 is 0 Å². The molecule has 2 nitrogen and oxygen atoms in total. The minimum atomic E-state index is -1.58. The maximum Gasteiger partial charge on any atom is 0.191 e. The van der Waals surface area contributed by atoms with E-state index < -0.39 is 8.32 Å². The van der Waals surface area contributed by atoms with Gasteiger partial charge in [0.1, 0.15) is 0 Å². The van der Waals surface area contributed by atoms with Gasteiger partial charge in [-0.05, 0) is 43.3 Å². The summed E-state index contributed by atoms with van der Waals surface area (Å²) >= 11 is 0. The monoisotopic (exact) mass is 230 g/mol. The molecule has 1 aliphatic rings. The maximum atomic E-state index is 9.44. The van der Waals surface area contributed by atoms with Crippen molar-refractivity contribution >= 4 is 8.32 Å². The first-order chi connectivity index (χ1) is 6.72. The highest BCUT2D eigenvalue weighted by atomic mass is 28.4. The first-order valence-electron chi connectivity index (χ1n) is 6.04. The number of rotatable bonds is 3. The Hall–Kier alpha value is 0.137. The van der Waals surface area contributed by atoms with Gasteiger partial charge in [0.25, 0.3) is 0 Å². The predicted octanol–water partition coefficient (Wildman–Crippen LogP) is 3.17. The van der Waals surface area contributed by atoms with Crippen LogP contribution in [0.4, 0.5) is 0 Å². The fraction of sp³-hybridized carbons (Fsp3) is 1.00. The molecule has 0 unspecified atom stereocenters. The lowest BCUT2D eigenvalue weighted by Crippen LogP contribution is -2.41. The van der Waals surface area contributed by atoms with Crippen molar-refractivity contribution < 1.29 is 9.53 Å². The summed E-state index contributed by atoms with van der Waals surface area (Å²) in [4.78, 5) is 0. The van der Waals surface area contributed by atoms with Gasteiger partial charge in [0.05, 0.1) is 6.10 Å². The molecule has 0 aromatic heterocycles. The summed E-state index contributed by atoms with van der Waals surface area (Å²) in [6.45, 7) is 12.2. The Morgan fingerprint density at radius 3 is 2.27 bits per heavy atom. The van der Waals surface area contributed by atoms with Crippen LogP contribution in [0.5, 0.6) is 0 Å². The highest BCUT2D eigenvalue weighted by Gasteiger charge is 2.38. The summed E-state index contributed by atoms with van der Waals surface area (Å²) in [6, 6.07) is 0. The first kappa shape index (κ1) is 13.2. The summed E-state index contributed by atoms with van der Waals surface area (Å²) in [7, 11) is -1.58.